The van der Waals surface area contributed by atoms with Gasteiger partial charge in [0.15, 0.2) is 5.78 Å². The van der Waals surface area contributed by atoms with Crippen LogP contribution in [0.1, 0.15) is 48.2 Å². The minimum Gasteiger partial charge on any atom is -0.293 e. The molecule has 1 aliphatic carbocycles. The van der Waals surface area contributed by atoms with Crippen molar-refractivity contribution in [3.8, 4) is 0 Å². The average molecular weight is 196 g/mol. The van der Waals surface area contributed by atoms with Gasteiger partial charge in [-0.1, -0.05) is 0 Å². The molecule has 4 heteroatoms. The van der Waals surface area contributed by atoms with E-state index < -0.39 is 6.17 Å². The van der Waals surface area contributed by atoms with Crippen molar-refractivity contribution in [3.63, 3.8) is 0 Å². The summed E-state index contributed by atoms with van der Waals surface area (Å²) in [4.78, 5) is 11.2. The summed E-state index contributed by atoms with van der Waals surface area (Å²) in [7, 11) is 0. The number of fused-ring (bicyclic) bond motifs is 1. The maximum atomic E-state index is 13.5. The molecule has 0 saturated carbocycles. The Balaban J connectivity index is 2.58. The van der Waals surface area contributed by atoms with Crippen LogP contribution < -0.4 is 0 Å². The topological polar surface area (TPSA) is 34.9 Å². The molecule has 1 aliphatic rings. The number of alkyl halides is 1. The second-order valence-corrected chi connectivity index (χ2v) is 3.59. The van der Waals surface area contributed by atoms with E-state index in [-0.39, 0.29) is 5.78 Å². The van der Waals surface area contributed by atoms with Crippen LogP contribution in [0.25, 0.3) is 0 Å². The van der Waals surface area contributed by atoms with E-state index >= 15 is 0 Å². The Hall–Kier alpha value is -1.19. The van der Waals surface area contributed by atoms with Gasteiger partial charge in [-0.2, -0.15) is 5.10 Å². The van der Waals surface area contributed by atoms with Gasteiger partial charge in [-0.25, -0.2) is 4.39 Å². The standard InChI is InChI=1S/C10H13FN2O/c1-3-13-8-5-4-7(11)9(8)10(12-13)6(2)14/h7H,3-5H2,1-2H3. The molecule has 0 saturated heterocycles. The minimum absolute atomic E-state index is 0.141. The van der Waals surface area contributed by atoms with Crippen LogP contribution in [0.3, 0.4) is 0 Å². The third-order valence-corrected chi connectivity index (χ3v) is 2.68. The summed E-state index contributed by atoms with van der Waals surface area (Å²) in [5.74, 6) is -0.141. The Morgan fingerprint density at radius 2 is 2.43 bits per heavy atom. The zero-order chi connectivity index (χ0) is 10.3. The van der Waals surface area contributed by atoms with E-state index in [0.717, 1.165) is 5.69 Å². The highest BCUT2D eigenvalue weighted by Gasteiger charge is 2.31. The molecule has 0 spiro atoms. The zero-order valence-electron chi connectivity index (χ0n) is 8.38. The number of nitrogens with zero attached hydrogens (tertiary/aromatic N) is 2. The number of ketones is 1. The number of rotatable bonds is 2. The van der Waals surface area contributed by atoms with Crippen LogP contribution in [0.15, 0.2) is 0 Å². The van der Waals surface area contributed by atoms with Crippen LogP contribution in [-0.4, -0.2) is 15.6 Å². The van der Waals surface area contributed by atoms with E-state index in [2.05, 4.69) is 5.10 Å². The fourth-order valence-electron chi connectivity index (χ4n) is 2.03. The van der Waals surface area contributed by atoms with Gasteiger partial charge in [-0.05, 0) is 19.8 Å². The molecule has 14 heavy (non-hydrogen) atoms. The van der Waals surface area contributed by atoms with Crippen molar-refractivity contribution < 1.29 is 9.18 Å². The van der Waals surface area contributed by atoms with E-state index in [1.807, 2.05) is 6.92 Å². The van der Waals surface area contributed by atoms with E-state index in [4.69, 9.17) is 0 Å². The molecule has 3 nitrogen and oxygen atoms in total. The maximum absolute atomic E-state index is 13.5. The lowest BCUT2D eigenvalue weighted by Crippen LogP contribution is -2.03. The predicted molar refractivity (Wildman–Crippen MR) is 50.1 cm³/mol. The molecule has 0 amide bonds. The molecule has 76 valence electrons. The van der Waals surface area contributed by atoms with Gasteiger partial charge < -0.3 is 0 Å². The summed E-state index contributed by atoms with van der Waals surface area (Å²) in [5, 5.41) is 4.13. The third kappa shape index (κ3) is 1.17. The lowest BCUT2D eigenvalue weighted by atomic mass is 10.1. The molecule has 0 radical (unpaired) electrons. The number of halogens is 1. The molecule has 1 heterocycles. The Kier molecular flexibility index (Phi) is 2.13. The van der Waals surface area contributed by atoms with Crippen LogP contribution in [0.4, 0.5) is 4.39 Å². The summed E-state index contributed by atoms with van der Waals surface area (Å²) < 4.78 is 15.2. The summed E-state index contributed by atoms with van der Waals surface area (Å²) in [6.07, 6.45) is 0.196. The van der Waals surface area contributed by atoms with E-state index in [9.17, 15) is 9.18 Å². The van der Waals surface area contributed by atoms with E-state index in [1.165, 1.54) is 6.92 Å². The van der Waals surface area contributed by atoms with Crippen molar-refractivity contribution in [1.29, 1.82) is 0 Å². The number of aromatic nitrogens is 2. The SMILES string of the molecule is CCn1nc(C(C)=O)c2c1CCC2F. The largest absolute Gasteiger partial charge is 0.293 e. The smallest absolute Gasteiger partial charge is 0.180 e. The number of aryl methyl sites for hydroxylation is 1. The number of hydrogen-bond donors (Lipinski definition) is 0. The summed E-state index contributed by atoms with van der Waals surface area (Å²) in [5.41, 5.74) is 1.77. The normalized spacial score (nSPS) is 19.8. The molecule has 1 aromatic heterocycles. The van der Waals surface area contributed by atoms with Crippen molar-refractivity contribution >= 4 is 5.78 Å². The van der Waals surface area contributed by atoms with Crippen LogP contribution in [0.5, 0.6) is 0 Å². The van der Waals surface area contributed by atoms with Crippen LogP contribution >= 0.6 is 0 Å². The van der Waals surface area contributed by atoms with Gasteiger partial charge in [0.05, 0.1) is 0 Å². The number of Topliss-reactive ketones (excluding diaryl/α,β-unsaturated/α-hetero) is 1. The molecule has 0 fully saturated rings. The van der Waals surface area contributed by atoms with Crippen LogP contribution in [-0.2, 0) is 13.0 Å². The molecule has 0 aliphatic heterocycles. The van der Waals surface area contributed by atoms with E-state index in [1.54, 1.807) is 4.68 Å². The first-order valence-corrected chi connectivity index (χ1v) is 4.89. The second-order valence-electron chi connectivity index (χ2n) is 3.59. The van der Waals surface area contributed by atoms with Gasteiger partial charge in [0.2, 0.25) is 0 Å². The van der Waals surface area contributed by atoms with Crippen molar-refractivity contribution in [3.05, 3.63) is 17.0 Å². The Labute approximate surface area is 81.9 Å². The first kappa shape index (κ1) is 9.37. The van der Waals surface area contributed by atoms with Crippen LogP contribution in [0.2, 0.25) is 0 Å². The molecule has 1 atom stereocenters. The Morgan fingerprint density at radius 1 is 1.71 bits per heavy atom. The molecule has 1 aromatic rings. The predicted octanol–water partition coefficient (Wildman–Crippen LogP) is 2.06. The number of hydrogen-bond acceptors (Lipinski definition) is 2. The Morgan fingerprint density at radius 3 is 3.00 bits per heavy atom. The first-order chi connectivity index (χ1) is 6.65. The van der Waals surface area contributed by atoms with Crippen molar-refractivity contribution in [2.45, 2.75) is 39.4 Å². The van der Waals surface area contributed by atoms with Crippen LogP contribution in [0, 0.1) is 0 Å². The fraction of sp³-hybridized carbons (Fsp3) is 0.600. The van der Waals surface area contributed by atoms with Gasteiger partial charge in [0.25, 0.3) is 0 Å². The highest BCUT2D eigenvalue weighted by atomic mass is 19.1. The Bertz CT molecular complexity index is 384. The second kappa shape index (κ2) is 3.19. The van der Waals surface area contributed by atoms with Crippen molar-refractivity contribution in [1.82, 2.24) is 9.78 Å². The molecule has 2 rings (SSSR count). The number of carbonyl (C=O) groups excluding carboxylic acids is 1. The third-order valence-electron chi connectivity index (χ3n) is 2.68. The lowest BCUT2D eigenvalue weighted by Gasteiger charge is -1.98. The summed E-state index contributed by atoms with van der Waals surface area (Å²) >= 11 is 0. The van der Waals surface area contributed by atoms with E-state index in [0.29, 0.717) is 30.6 Å². The molecular weight excluding hydrogens is 183 g/mol. The summed E-state index contributed by atoms with van der Waals surface area (Å²) in [6, 6.07) is 0. The molecular formula is C10H13FN2O. The molecule has 1 unspecified atom stereocenters. The molecule has 0 N–H and O–H groups in total. The maximum Gasteiger partial charge on any atom is 0.180 e. The summed E-state index contributed by atoms with van der Waals surface area (Å²) in [6.45, 7) is 4.08. The molecule has 0 bridgehead atoms. The molecule has 0 aromatic carbocycles. The van der Waals surface area contributed by atoms with Gasteiger partial charge in [0.1, 0.15) is 11.9 Å². The average Bonchev–Trinajstić information content (AvgIpc) is 2.66. The van der Waals surface area contributed by atoms with Gasteiger partial charge in [0, 0.05) is 24.7 Å². The fourth-order valence-corrected chi connectivity index (χ4v) is 2.03. The van der Waals surface area contributed by atoms with Crippen molar-refractivity contribution in [2.75, 3.05) is 0 Å². The van der Waals surface area contributed by atoms with Gasteiger partial charge in [-0.15, -0.1) is 0 Å². The zero-order valence-corrected chi connectivity index (χ0v) is 8.38. The highest BCUT2D eigenvalue weighted by molar-refractivity contribution is 5.94. The first-order valence-electron chi connectivity index (χ1n) is 4.89. The lowest BCUT2D eigenvalue weighted by molar-refractivity contribution is 0.100. The highest BCUT2D eigenvalue weighted by Crippen LogP contribution is 2.36. The minimum atomic E-state index is -0.996. The van der Waals surface area contributed by atoms with Gasteiger partial charge in [-0.3, -0.25) is 9.48 Å². The monoisotopic (exact) mass is 196 g/mol. The van der Waals surface area contributed by atoms with Crippen molar-refractivity contribution in [2.24, 2.45) is 0 Å². The quantitative estimate of drug-likeness (QED) is 0.678. The number of carbonyl (C=O) groups is 1. The van der Waals surface area contributed by atoms with Gasteiger partial charge >= 0.3 is 0 Å².